The molecule has 0 unspecified atom stereocenters. The zero-order valence-corrected chi connectivity index (χ0v) is 8.06. The first-order chi connectivity index (χ1) is 7.16. The number of hydrogen-bond acceptors (Lipinski definition) is 3. The molecule has 0 radical (unpaired) electrons. The van der Waals surface area contributed by atoms with Gasteiger partial charge in [0.1, 0.15) is 12.0 Å². The molecule has 1 fully saturated rings. The van der Waals surface area contributed by atoms with Gasteiger partial charge in [0.15, 0.2) is 0 Å². The summed E-state index contributed by atoms with van der Waals surface area (Å²) in [6.45, 7) is 0.986. The van der Waals surface area contributed by atoms with Gasteiger partial charge in [-0.2, -0.15) is 0 Å². The van der Waals surface area contributed by atoms with E-state index in [4.69, 9.17) is 5.11 Å². The molecule has 0 aromatic carbocycles. The van der Waals surface area contributed by atoms with E-state index >= 15 is 0 Å². The van der Waals surface area contributed by atoms with E-state index in [1.54, 1.807) is 6.07 Å². The van der Waals surface area contributed by atoms with Gasteiger partial charge in [-0.05, 0) is 18.6 Å². The van der Waals surface area contributed by atoms with E-state index in [9.17, 15) is 9.18 Å². The Morgan fingerprint density at radius 3 is 2.87 bits per heavy atom. The molecule has 0 aliphatic carbocycles. The van der Waals surface area contributed by atoms with Crippen molar-refractivity contribution < 1.29 is 14.3 Å². The summed E-state index contributed by atoms with van der Waals surface area (Å²) in [5, 5.41) is 8.67. The lowest BCUT2D eigenvalue weighted by Crippen LogP contribution is -2.21. The lowest BCUT2D eigenvalue weighted by atomic mass is 10.3. The molecule has 1 aliphatic rings. The molecule has 2 rings (SSSR count). The number of anilines is 1. The summed E-state index contributed by atoms with van der Waals surface area (Å²) in [6, 6.07) is 3.09. The van der Waals surface area contributed by atoms with Gasteiger partial charge in [0, 0.05) is 12.7 Å². The van der Waals surface area contributed by atoms with E-state index < -0.39 is 12.1 Å². The Labute approximate surface area is 86.4 Å². The summed E-state index contributed by atoms with van der Waals surface area (Å²) in [5.41, 5.74) is 0.148. The predicted octanol–water partition coefficient (Wildman–Crippen LogP) is 1.33. The SMILES string of the molecule is O=C(O)c1ccc(N2CC[C@@H](F)C2)nc1. The second-order valence-electron chi connectivity index (χ2n) is 3.54. The van der Waals surface area contributed by atoms with Crippen molar-refractivity contribution in [2.45, 2.75) is 12.6 Å². The number of halogens is 1. The van der Waals surface area contributed by atoms with E-state index in [-0.39, 0.29) is 5.56 Å². The maximum Gasteiger partial charge on any atom is 0.337 e. The molecule has 1 N–H and O–H groups in total. The monoisotopic (exact) mass is 210 g/mol. The third kappa shape index (κ3) is 2.06. The van der Waals surface area contributed by atoms with E-state index in [0.717, 1.165) is 0 Å². The number of carboxylic acids is 1. The van der Waals surface area contributed by atoms with Crippen molar-refractivity contribution in [2.75, 3.05) is 18.0 Å². The van der Waals surface area contributed by atoms with Crippen LogP contribution >= 0.6 is 0 Å². The minimum absolute atomic E-state index is 0.148. The van der Waals surface area contributed by atoms with E-state index in [1.165, 1.54) is 12.3 Å². The highest BCUT2D eigenvalue weighted by atomic mass is 19.1. The van der Waals surface area contributed by atoms with Crippen LogP contribution in [0, 0.1) is 0 Å². The minimum atomic E-state index is -1.00. The first-order valence-electron chi connectivity index (χ1n) is 4.75. The first kappa shape index (κ1) is 9.89. The van der Waals surface area contributed by atoms with Gasteiger partial charge in [-0.25, -0.2) is 14.2 Å². The third-order valence-electron chi connectivity index (χ3n) is 2.45. The number of carboxylic acid groups (broad SMARTS) is 1. The van der Waals surface area contributed by atoms with Gasteiger partial charge in [-0.3, -0.25) is 0 Å². The van der Waals surface area contributed by atoms with Gasteiger partial charge < -0.3 is 10.0 Å². The Balaban J connectivity index is 2.13. The van der Waals surface area contributed by atoms with Gasteiger partial charge in [0.2, 0.25) is 0 Å². The van der Waals surface area contributed by atoms with E-state index in [2.05, 4.69) is 4.98 Å². The fourth-order valence-corrected chi connectivity index (χ4v) is 1.63. The van der Waals surface area contributed by atoms with Gasteiger partial charge >= 0.3 is 5.97 Å². The molecule has 2 heterocycles. The zero-order valence-electron chi connectivity index (χ0n) is 8.06. The summed E-state index contributed by atoms with van der Waals surface area (Å²) in [5.74, 6) is -0.362. The molecule has 80 valence electrons. The smallest absolute Gasteiger partial charge is 0.337 e. The van der Waals surface area contributed by atoms with Crippen LogP contribution in [0.5, 0.6) is 0 Å². The quantitative estimate of drug-likeness (QED) is 0.800. The van der Waals surface area contributed by atoms with Crippen molar-refractivity contribution in [3.8, 4) is 0 Å². The van der Waals surface area contributed by atoms with Crippen LogP contribution in [-0.2, 0) is 0 Å². The van der Waals surface area contributed by atoms with Crippen LogP contribution in [-0.4, -0.2) is 35.3 Å². The second-order valence-corrected chi connectivity index (χ2v) is 3.54. The van der Waals surface area contributed by atoms with Crippen LogP contribution in [0.1, 0.15) is 16.8 Å². The maximum atomic E-state index is 12.9. The molecule has 0 amide bonds. The molecule has 0 saturated carbocycles. The van der Waals surface area contributed by atoms with Crippen LogP contribution < -0.4 is 4.90 Å². The summed E-state index contributed by atoms with van der Waals surface area (Å²) in [6.07, 6.45) is 1.01. The molecular weight excluding hydrogens is 199 g/mol. The molecule has 15 heavy (non-hydrogen) atoms. The Kier molecular flexibility index (Phi) is 2.53. The number of aromatic nitrogens is 1. The molecule has 1 aromatic heterocycles. The van der Waals surface area contributed by atoms with Crippen LogP contribution in [0.15, 0.2) is 18.3 Å². The van der Waals surface area contributed by atoms with Crippen molar-refractivity contribution in [2.24, 2.45) is 0 Å². The number of pyridine rings is 1. The van der Waals surface area contributed by atoms with Crippen molar-refractivity contribution in [3.05, 3.63) is 23.9 Å². The fourth-order valence-electron chi connectivity index (χ4n) is 1.63. The van der Waals surface area contributed by atoms with Gasteiger partial charge in [-0.1, -0.05) is 0 Å². The number of alkyl halides is 1. The lowest BCUT2D eigenvalue weighted by Gasteiger charge is -2.15. The van der Waals surface area contributed by atoms with Gasteiger partial charge in [0.25, 0.3) is 0 Å². The summed E-state index contributed by atoms with van der Waals surface area (Å²) >= 11 is 0. The standard InChI is InChI=1S/C10H11FN2O2/c11-8-3-4-13(6-8)9-2-1-7(5-12-9)10(14)15/h1-2,5,8H,3-4,6H2,(H,14,15)/t8-/m1/s1. The largest absolute Gasteiger partial charge is 0.478 e. The molecule has 0 spiro atoms. The fraction of sp³-hybridized carbons (Fsp3) is 0.400. The average molecular weight is 210 g/mol. The number of nitrogens with zero attached hydrogens (tertiary/aromatic N) is 2. The predicted molar refractivity (Wildman–Crippen MR) is 52.9 cm³/mol. The molecule has 4 nitrogen and oxygen atoms in total. The first-order valence-corrected chi connectivity index (χ1v) is 4.75. The maximum absolute atomic E-state index is 12.9. The molecule has 5 heteroatoms. The number of hydrogen-bond donors (Lipinski definition) is 1. The van der Waals surface area contributed by atoms with Crippen LogP contribution in [0.4, 0.5) is 10.2 Å². The number of rotatable bonds is 2. The Morgan fingerprint density at radius 1 is 1.60 bits per heavy atom. The normalized spacial score (nSPS) is 20.6. The van der Waals surface area contributed by atoms with Crippen molar-refractivity contribution in [1.29, 1.82) is 0 Å². The molecule has 0 bridgehead atoms. The van der Waals surface area contributed by atoms with Crippen LogP contribution in [0.3, 0.4) is 0 Å². The molecule has 1 atom stereocenters. The summed E-state index contributed by atoms with van der Waals surface area (Å²) in [7, 11) is 0. The highest BCUT2D eigenvalue weighted by molar-refractivity contribution is 5.87. The topological polar surface area (TPSA) is 53.4 Å². The van der Waals surface area contributed by atoms with Crippen LogP contribution in [0.2, 0.25) is 0 Å². The number of carbonyl (C=O) groups is 1. The van der Waals surface area contributed by atoms with E-state index in [0.29, 0.717) is 25.3 Å². The lowest BCUT2D eigenvalue weighted by molar-refractivity contribution is 0.0696. The average Bonchev–Trinajstić information content (AvgIpc) is 2.65. The third-order valence-corrected chi connectivity index (χ3v) is 2.45. The highest BCUT2D eigenvalue weighted by Crippen LogP contribution is 2.19. The minimum Gasteiger partial charge on any atom is -0.478 e. The van der Waals surface area contributed by atoms with Gasteiger partial charge in [-0.15, -0.1) is 0 Å². The van der Waals surface area contributed by atoms with Crippen molar-refractivity contribution in [1.82, 2.24) is 4.98 Å². The van der Waals surface area contributed by atoms with Crippen LogP contribution in [0.25, 0.3) is 0 Å². The summed E-state index contributed by atoms with van der Waals surface area (Å²) < 4.78 is 12.9. The highest BCUT2D eigenvalue weighted by Gasteiger charge is 2.22. The summed E-state index contributed by atoms with van der Waals surface area (Å²) in [4.78, 5) is 16.4. The molecule has 1 aromatic rings. The second kappa shape index (κ2) is 3.84. The molecular formula is C10H11FN2O2. The molecule has 1 aliphatic heterocycles. The number of aromatic carboxylic acids is 1. The molecule has 1 saturated heterocycles. The van der Waals surface area contributed by atoms with Crippen molar-refractivity contribution in [3.63, 3.8) is 0 Å². The Hall–Kier alpha value is -1.65. The Bertz CT molecular complexity index is 366. The van der Waals surface area contributed by atoms with E-state index in [1.807, 2.05) is 4.90 Å². The van der Waals surface area contributed by atoms with Crippen molar-refractivity contribution >= 4 is 11.8 Å². The zero-order chi connectivity index (χ0) is 10.8. The Morgan fingerprint density at radius 2 is 2.40 bits per heavy atom. The van der Waals surface area contributed by atoms with Gasteiger partial charge in [0.05, 0.1) is 12.1 Å².